The first-order valence-electron chi connectivity index (χ1n) is 6.74. The van der Waals surface area contributed by atoms with Crippen LogP contribution in [-0.4, -0.2) is 32.9 Å². The Morgan fingerprint density at radius 3 is 3.00 bits per heavy atom. The molecule has 5 nitrogen and oxygen atoms in total. The van der Waals surface area contributed by atoms with Crippen molar-refractivity contribution in [3.8, 4) is 0 Å². The van der Waals surface area contributed by atoms with Crippen LogP contribution in [0.5, 0.6) is 0 Å². The molecule has 2 rings (SSSR count). The number of aryl methyl sites for hydroxylation is 2. The number of amides is 2. The van der Waals surface area contributed by atoms with Gasteiger partial charge in [0.05, 0.1) is 5.69 Å². The number of nitrogens with one attached hydrogen (secondary N) is 2. The maximum Gasteiger partial charge on any atom is 0.320 e. The smallest absolute Gasteiger partial charge is 0.320 e. The number of carbonyl (C=O) groups excluding carboxylic acids is 1. The van der Waals surface area contributed by atoms with Crippen LogP contribution in [-0.2, 0) is 13.5 Å². The van der Waals surface area contributed by atoms with E-state index in [0.29, 0.717) is 6.54 Å². The maximum absolute atomic E-state index is 11.9. The molecule has 0 saturated carbocycles. The SMILES string of the molecule is CCc1cc(NC(=O)NC[C@]2(C)CCCS2)n(C)n1. The fourth-order valence-corrected chi connectivity index (χ4v) is 3.46. The predicted octanol–water partition coefficient (Wildman–Crippen LogP) is 2.39. The van der Waals surface area contributed by atoms with E-state index in [9.17, 15) is 4.79 Å². The van der Waals surface area contributed by atoms with E-state index in [2.05, 4.69) is 22.7 Å². The maximum atomic E-state index is 11.9. The summed E-state index contributed by atoms with van der Waals surface area (Å²) in [5, 5.41) is 10.1. The van der Waals surface area contributed by atoms with Crippen molar-refractivity contribution in [3.63, 3.8) is 0 Å². The van der Waals surface area contributed by atoms with E-state index in [1.807, 2.05) is 31.8 Å². The van der Waals surface area contributed by atoms with Crippen LogP contribution in [0.4, 0.5) is 10.6 Å². The standard InChI is InChI=1S/C13H22N4OS/c1-4-10-8-11(17(3)16-10)15-12(18)14-9-13(2)6-5-7-19-13/h8H,4-7,9H2,1-3H3,(H2,14,15,18)/t13-/m0/s1. The van der Waals surface area contributed by atoms with Gasteiger partial charge >= 0.3 is 6.03 Å². The normalized spacial score (nSPS) is 22.5. The van der Waals surface area contributed by atoms with Gasteiger partial charge in [-0.25, -0.2) is 4.79 Å². The van der Waals surface area contributed by atoms with Crippen molar-refractivity contribution in [1.29, 1.82) is 0 Å². The second-order valence-corrected chi connectivity index (χ2v) is 6.89. The number of nitrogens with zero attached hydrogens (tertiary/aromatic N) is 2. The lowest BCUT2D eigenvalue weighted by Gasteiger charge is -2.22. The van der Waals surface area contributed by atoms with Gasteiger partial charge in [-0.05, 0) is 31.9 Å². The zero-order chi connectivity index (χ0) is 13.9. The number of carbonyl (C=O) groups is 1. The Labute approximate surface area is 118 Å². The van der Waals surface area contributed by atoms with Gasteiger partial charge in [0, 0.05) is 24.4 Å². The van der Waals surface area contributed by atoms with Crippen LogP contribution in [0.1, 0.15) is 32.4 Å². The second kappa shape index (κ2) is 5.86. The van der Waals surface area contributed by atoms with Crippen molar-refractivity contribution in [3.05, 3.63) is 11.8 Å². The third-order valence-corrected chi connectivity index (χ3v) is 5.00. The van der Waals surface area contributed by atoms with Crippen LogP contribution in [0.25, 0.3) is 0 Å². The molecule has 0 aromatic carbocycles. The largest absolute Gasteiger partial charge is 0.336 e. The monoisotopic (exact) mass is 282 g/mol. The Bertz CT molecular complexity index is 451. The van der Waals surface area contributed by atoms with Gasteiger partial charge in [0.15, 0.2) is 0 Å². The lowest BCUT2D eigenvalue weighted by atomic mass is 10.1. The molecule has 2 N–H and O–H groups in total. The summed E-state index contributed by atoms with van der Waals surface area (Å²) in [5.41, 5.74) is 0.983. The molecule has 106 valence electrons. The second-order valence-electron chi connectivity index (χ2n) is 5.21. The van der Waals surface area contributed by atoms with E-state index in [1.165, 1.54) is 18.6 Å². The zero-order valence-electron chi connectivity index (χ0n) is 11.8. The van der Waals surface area contributed by atoms with E-state index < -0.39 is 0 Å². The minimum atomic E-state index is -0.153. The van der Waals surface area contributed by atoms with Gasteiger partial charge in [-0.3, -0.25) is 10.00 Å². The van der Waals surface area contributed by atoms with E-state index in [-0.39, 0.29) is 10.8 Å². The molecule has 1 saturated heterocycles. The summed E-state index contributed by atoms with van der Waals surface area (Å²) in [6.45, 7) is 4.97. The molecule has 0 bridgehead atoms. The number of hydrogen-bond acceptors (Lipinski definition) is 3. The summed E-state index contributed by atoms with van der Waals surface area (Å²) >= 11 is 1.94. The zero-order valence-corrected chi connectivity index (χ0v) is 12.6. The van der Waals surface area contributed by atoms with Gasteiger partial charge in [-0.2, -0.15) is 16.9 Å². The van der Waals surface area contributed by atoms with Gasteiger partial charge < -0.3 is 5.32 Å². The quantitative estimate of drug-likeness (QED) is 0.891. The fraction of sp³-hybridized carbons (Fsp3) is 0.692. The molecular formula is C13H22N4OS. The van der Waals surface area contributed by atoms with Crippen LogP contribution in [0.2, 0.25) is 0 Å². The van der Waals surface area contributed by atoms with Crippen LogP contribution < -0.4 is 10.6 Å². The van der Waals surface area contributed by atoms with Gasteiger partial charge in [0.25, 0.3) is 0 Å². The topological polar surface area (TPSA) is 59.0 Å². The van der Waals surface area contributed by atoms with E-state index in [1.54, 1.807) is 4.68 Å². The molecule has 0 unspecified atom stereocenters. The first-order valence-corrected chi connectivity index (χ1v) is 7.73. The highest BCUT2D eigenvalue weighted by molar-refractivity contribution is 8.00. The highest BCUT2D eigenvalue weighted by Gasteiger charge is 2.29. The summed E-state index contributed by atoms with van der Waals surface area (Å²) in [7, 11) is 1.84. The predicted molar refractivity (Wildman–Crippen MR) is 79.7 cm³/mol. The van der Waals surface area contributed by atoms with Crippen LogP contribution in [0.3, 0.4) is 0 Å². The lowest BCUT2D eigenvalue weighted by Crippen LogP contribution is -2.39. The summed E-state index contributed by atoms with van der Waals surface area (Å²) in [5.74, 6) is 1.93. The first-order chi connectivity index (χ1) is 9.02. The molecule has 1 aromatic rings. The molecular weight excluding hydrogens is 260 g/mol. The molecule has 0 radical (unpaired) electrons. The first kappa shape index (κ1) is 14.2. The third-order valence-electron chi connectivity index (χ3n) is 3.46. The minimum Gasteiger partial charge on any atom is -0.336 e. The Balaban J connectivity index is 1.85. The van der Waals surface area contributed by atoms with E-state index in [0.717, 1.165) is 17.9 Å². The van der Waals surface area contributed by atoms with Gasteiger partial charge in [-0.1, -0.05) is 6.92 Å². The van der Waals surface area contributed by atoms with Crippen molar-refractivity contribution < 1.29 is 4.79 Å². The highest BCUT2D eigenvalue weighted by Crippen LogP contribution is 2.36. The number of thioether (sulfide) groups is 1. The fourth-order valence-electron chi connectivity index (χ4n) is 2.22. The van der Waals surface area contributed by atoms with Crippen molar-refractivity contribution >= 4 is 23.6 Å². The third kappa shape index (κ3) is 3.65. The summed E-state index contributed by atoms with van der Waals surface area (Å²) in [6, 6.07) is 1.75. The molecule has 0 spiro atoms. The number of hydrogen-bond donors (Lipinski definition) is 2. The number of aromatic nitrogens is 2. The van der Waals surface area contributed by atoms with Crippen LogP contribution in [0, 0.1) is 0 Å². The van der Waals surface area contributed by atoms with Crippen molar-refractivity contribution in [1.82, 2.24) is 15.1 Å². The minimum absolute atomic E-state index is 0.153. The van der Waals surface area contributed by atoms with Crippen LogP contribution in [0.15, 0.2) is 6.07 Å². The molecule has 2 amide bonds. The summed E-state index contributed by atoms with van der Waals surface area (Å²) in [4.78, 5) is 11.9. The van der Waals surface area contributed by atoms with Gasteiger partial charge in [0.1, 0.15) is 5.82 Å². The number of rotatable bonds is 4. The Morgan fingerprint density at radius 2 is 2.42 bits per heavy atom. The Kier molecular flexibility index (Phi) is 4.39. The number of urea groups is 1. The molecule has 2 heterocycles. The summed E-state index contributed by atoms with van der Waals surface area (Å²) < 4.78 is 1.89. The highest BCUT2D eigenvalue weighted by atomic mass is 32.2. The molecule has 6 heteroatoms. The molecule has 19 heavy (non-hydrogen) atoms. The van der Waals surface area contributed by atoms with Gasteiger partial charge in [-0.15, -0.1) is 0 Å². The molecule has 1 aromatic heterocycles. The average Bonchev–Trinajstić information content (AvgIpc) is 2.95. The lowest BCUT2D eigenvalue weighted by molar-refractivity contribution is 0.251. The van der Waals surface area contributed by atoms with Crippen molar-refractivity contribution in [2.75, 3.05) is 17.6 Å². The molecule has 0 aliphatic carbocycles. The van der Waals surface area contributed by atoms with Crippen molar-refractivity contribution in [2.24, 2.45) is 7.05 Å². The van der Waals surface area contributed by atoms with Crippen molar-refractivity contribution in [2.45, 2.75) is 37.9 Å². The molecule has 1 atom stereocenters. The average molecular weight is 282 g/mol. The van der Waals surface area contributed by atoms with Gasteiger partial charge in [0.2, 0.25) is 0 Å². The summed E-state index contributed by atoms with van der Waals surface area (Å²) in [6.07, 6.45) is 3.28. The Morgan fingerprint density at radius 1 is 1.63 bits per heavy atom. The number of anilines is 1. The van der Waals surface area contributed by atoms with E-state index in [4.69, 9.17) is 0 Å². The van der Waals surface area contributed by atoms with E-state index >= 15 is 0 Å². The molecule has 1 aliphatic rings. The molecule has 1 aliphatic heterocycles. The molecule has 1 fully saturated rings. The van der Waals surface area contributed by atoms with Crippen LogP contribution >= 0.6 is 11.8 Å². The Hall–Kier alpha value is -1.17.